The van der Waals surface area contributed by atoms with E-state index in [0.717, 1.165) is 25.2 Å². The molecule has 0 unspecified atom stereocenters. The first kappa shape index (κ1) is 27.1. The van der Waals surface area contributed by atoms with Crippen LogP contribution < -0.4 is 10.6 Å². The van der Waals surface area contributed by atoms with Gasteiger partial charge < -0.3 is 10.6 Å². The maximum Gasteiger partial charge on any atom is 0.0297 e. The van der Waals surface area contributed by atoms with Crippen LogP contribution in [0.25, 0.3) is 6.08 Å². The molecule has 1 rings (SSSR count). The third-order valence-electron chi connectivity index (χ3n) is 6.79. The van der Waals surface area contributed by atoms with Crippen LogP contribution in [0.4, 0.5) is 0 Å². The van der Waals surface area contributed by atoms with E-state index in [0.29, 0.717) is 0 Å². The topological polar surface area (TPSA) is 24.1 Å². The van der Waals surface area contributed by atoms with Crippen LogP contribution in [0, 0.1) is 34.6 Å². The Bertz CT molecular complexity index is 738. The SMILES string of the molecule is C=C(CCCCC)NCCCCCCNC(=C)/C(C)=C/c1c(C)c(C)c(C)c(C)c1C. The van der Waals surface area contributed by atoms with Gasteiger partial charge in [0.1, 0.15) is 0 Å². The second kappa shape index (κ2) is 14.2. The molecule has 1 aromatic rings. The van der Waals surface area contributed by atoms with E-state index in [-0.39, 0.29) is 0 Å². The smallest absolute Gasteiger partial charge is 0.0297 e. The molecular weight excluding hydrogens is 376 g/mol. The summed E-state index contributed by atoms with van der Waals surface area (Å²) in [6.45, 7) is 26.0. The minimum atomic E-state index is 0.991. The van der Waals surface area contributed by atoms with Crippen molar-refractivity contribution in [3.8, 4) is 0 Å². The second-order valence-electron chi connectivity index (χ2n) is 9.17. The van der Waals surface area contributed by atoms with Gasteiger partial charge in [0.2, 0.25) is 0 Å². The van der Waals surface area contributed by atoms with Crippen molar-refractivity contribution in [2.45, 2.75) is 99.8 Å². The van der Waals surface area contributed by atoms with E-state index in [9.17, 15) is 0 Å². The first-order valence-corrected chi connectivity index (χ1v) is 12.3. The van der Waals surface area contributed by atoms with Crippen LogP contribution in [0.2, 0.25) is 0 Å². The highest BCUT2D eigenvalue weighted by molar-refractivity contribution is 5.67. The second-order valence-corrected chi connectivity index (χ2v) is 9.17. The summed E-state index contributed by atoms with van der Waals surface area (Å²) in [7, 11) is 0. The first-order valence-electron chi connectivity index (χ1n) is 12.3. The molecule has 1 aromatic carbocycles. The average molecular weight is 425 g/mol. The van der Waals surface area contributed by atoms with Gasteiger partial charge in [0.15, 0.2) is 0 Å². The Hall–Kier alpha value is -1.96. The van der Waals surface area contributed by atoms with Crippen molar-refractivity contribution in [3.05, 3.63) is 63.5 Å². The minimum Gasteiger partial charge on any atom is -0.389 e. The van der Waals surface area contributed by atoms with Gasteiger partial charge in [-0.3, -0.25) is 0 Å². The number of unbranched alkanes of at least 4 members (excludes halogenated alkanes) is 5. The minimum absolute atomic E-state index is 0.991. The number of nitrogens with one attached hydrogen (secondary N) is 2. The first-order chi connectivity index (χ1) is 14.7. The number of benzene rings is 1. The molecule has 0 bridgehead atoms. The Balaban J connectivity index is 2.34. The van der Waals surface area contributed by atoms with Gasteiger partial charge in [-0.15, -0.1) is 0 Å². The van der Waals surface area contributed by atoms with Gasteiger partial charge in [-0.2, -0.15) is 0 Å². The Morgan fingerprint density at radius 1 is 0.710 bits per heavy atom. The highest BCUT2D eigenvalue weighted by Crippen LogP contribution is 2.28. The fraction of sp³-hybridized carbons (Fsp3) is 0.586. The molecule has 2 N–H and O–H groups in total. The number of rotatable bonds is 15. The molecule has 0 atom stereocenters. The van der Waals surface area contributed by atoms with Gasteiger partial charge >= 0.3 is 0 Å². The summed E-state index contributed by atoms with van der Waals surface area (Å²) in [5.74, 6) is 0. The summed E-state index contributed by atoms with van der Waals surface area (Å²) in [4.78, 5) is 0. The lowest BCUT2D eigenvalue weighted by molar-refractivity contribution is 0.591. The molecule has 0 aliphatic carbocycles. The molecule has 0 saturated heterocycles. The zero-order chi connectivity index (χ0) is 23.4. The van der Waals surface area contributed by atoms with Crippen LogP contribution in [-0.2, 0) is 0 Å². The van der Waals surface area contributed by atoms with Crippen molar-refractivity contribution in [3.63, 3.8) is 0 Å². The molecule has 0 saturated carbocycles. The lowest BCUT2D eigenvalue weighted by Gasteiger charge is -2.18. The van der Waals surface area contributed by atoms with E-state index < -0.39 is 0 Å². The molecule has 2 heteroatoms. The van der Waals surface area contributed by atoms with E-state index in [2.05, 4.69) is 78.3 Å². The highest BCUT2D eigenvalue weighted by atomic mass is 14.9. The molecule has 0 aliphatic rings. The zero-order valence-corrected chi connectivity index (χ0v) is 21.6. The van der Waals surface area contributed by atoms with Crippen LogP contribution in [0.5, 0.6) is 0 Å². The molecule has 2 nitrogen and oxygen atoms in total. The van der Waals surface area contributed by atoms with E-state index in [1.165, 1.54) is 89.6 Å². The number of hydrogen-bond acceptors (Lipinski definition) is 2. The van der Waals surface area contributed by atoms with Gasteiger partial charge in [-0.1, -0.05) is 45.8 Å². The van der Waals surface area contributed by atoms with Crippen molar-refractivity contribution < 1.29 is 0 Å². The van der Waals surface area contributed by atoms with Crippen molar-refractivity contribution in [1.82, 2.24) is 10.6 Å². The third-order valence-corrected chi connectivity index (χ3v) is 6.79. The van der Waals surface area contributed by atoms with Crippen LogP contribution >= 0.6 is 0 Å². The van der Waals surface area contributed by atoms with Crippen molar-refractivity contribution in [2.75, 3.05) is 13.1 Å². The summed E-state index contributed by atoms with van der Waals surface area (Å²) in [5.41, 5.74) is 11.8. The van der Waals surface area contributed by atoms with Crippen LogP contribution in [-0.4, -0.2) is 13.1 Å². The fourth-order valence-corrected chi connectivity index (χ4v) is 3.97. The van der Waals surface area contributed by atoms with Gasteiger partial charge in [-0.25, -0.2) is 0 Å². The number of hydrogen-bond donors (Lipinski definition) is 2. The Morgan fingerprint density at radius 2 is 1.23 bits per heavy atom. The largest absolute Gasteiger partial charge is 0.389 e. The van der Waals surface area contributed by atoms with Crippen LogP contribution in [0.1, 0.15) is 98.6 Å². The molecule has 174 valence electrons. The van der Waals surface area contributed by atoms with Gasteiger partial charge in [0.05, 0.1) is 0 Å². The normalized spacial score (nSPS) is 11.5. The Kier molecular flexibility index (Phi) is 12.4. The molecule has 0 amide bonds. The zero-order valence-electron chi connectivity index (χ0n) is 21.6. The highest BCUT2D eigenvalue weighted by Gasteiger charge is 2.11. The predicted molar refractivity (Wildman–Crippen MR) is 141 cm³/mol. The predicted octanol–water partition coefficient (Wildman–Crippen LogP) is 7.98. The molecule has 0 aromatic heterocycles. The molecule has 0 spiro atoms. The quantitative estimate of drug-likeness (QED) is 0.220. The molecule has 31 heavy (non-hydrogen) atoms. The fourth-order valence-electron chi connectivity index (χ4n) is 3.97. The lowest BCUT2D eigenvalue weighted by atomic mass is 9.88. The monoisotopic (exact) mass is 424 g/mol. The van der Waals surface area contributed by atoms with Crippen LogP contribution in [0.3, 0.4) is 0 Å². The summed E-state index contributed by atoms with van der Waals surface area (Å²) in [6, 6.07) is 0. The average Bonchev–Trinajstić information content (AvgIpc) is 2.75. The standard InChI is InChI=1S/C29H48N2/c1-10-11-14-17-22(3)30-18-15-12-13-16-19-31-28(9)21(2)20-29-26(7)24(5)23(4)25(6)27(29)8/h20,30-31H,3,9-19H2,1-2,4-8H3/b21-20+. The molecule has 0 radical (unpaired) electrons. The van der Waals surface area contributed by atoms with Gasteiger partial charge in [-0.05, 0) is 112 Å². The molecular formula is C29H48N2. The Morgan fingerprint density at radius 3 is 1.77 bits per heavy atom. The van der Waals surface area contributed by atoms with Gasteiger partial charge in [0, 0.05) is 24.5 Å². The molecule has 0 heterocycles. The summed E-state index contributed by atoms with van der Waals surface area (Å²) < 4.78 is 0. The van der Waals surface area contributed by atoms with E-state index in [1.54, 1.807) is 0 Å². The van der Waals surface area contributed by atoms with Crippen molar-refractivity contribution in [1.29, 1.82) is 0 Å². The molecule has 0 aliphatic heterocycles. The van der Waals surface area contributed by atoms with Gasteiger partial charge in [0.25, 0.3) is 0 Å². The summed E-state index contributed by atoms with van der Waals surface area (Å²) in [5, 5.41) is 7.00. The van der Waals surface area contributed by atoms with Crippen LogP contribution in [0.15, 0.2) is 30.1 Å². The van der Waals surface area contributed by atoms with E-state index in [1.807, 2.05) is 0 Å². The number of allylic oxidation sites excluding steroid dienone is 2. The lowest BCUT2D eigenvalue weighted by Crippen LogP contribution is -2.15. The maximum atomic E-state index is 4.27. The summed E-state index contributed by atoms with van der Waals surface area (Å²) >= 11 is 0. The maximum absolute atomic E-state index is 4.27. The van der Waals surface area contributed by atoms with E-state index >= 15 is 0 Å². The molecule has 0 fully saturated rings. The van der Waals surface area contributed by atoms with Crippen molar-refractivity contribution >= 4 is 6.08 Å². The summed E-state index contributed by atoms with van der Waals surface area (Å²) in [6.07, 6.45) is 12.2. The third kappa shape index (κ3) is 8.97. The Labute approximate surface area is 193 Å². The van der Waals surface area contributed by atoms with E-state index in [4.69, 9.17) is 0 Å². The van der Waals surface area contributed by atoms with Crippen molar-refractivity contribution in [2.24, 2.45) is 0 Å².